The van der Waals surface area contributed by atoms with Crippen molar-refractivity contribution < 1.29 is 18.8 Å². The third-order valence-corrected chi connectivity index (χ3v) is 4.42. The number of para-hydroxylation sites is 1. The van der Waals surface area contributed by atoms with Gasteiger partial charge in [0.2, 0.25) is 11.8 Å². The van der Waals surface area contributed by atoms with Crippen LogP contribution in [-0.2, 0) is 14.4 Å². The Morgan fingerprint density at radius 2 is 2.00 bits per heavy atom. The van der Waals surface area contributed by atoms with Crippen molar-refractivity contribution in [2.45, 2.75) is 26.7 Å². The standard InChI is InChI=1S/C18H19FN2O3/c1-18(2)8-13-16(14(22)9-18)10(7-15(23)20-13)17(24)21-12-6-4-3-5-11(12)19/h3-6,8,10,16H,7,9H2,1-2H3,(H,20,23)(H,21,24)/t10-,16+/m1/s1. The Balaban J connectivity index is 1.89. The molecule has 1 saturated heterocycles. The molecule has 24 heavy (non-hydrogen) atoms. The molecule has 1 aliphatic heterocycles. The zero-order valence-electron chi connectivity index (χ0n) is 13.6. The second kappa shape index (κ2) is 5.85. The molecule has 0 bridgehead atoms. The summed E-state index contributed by atoms with van der Waals surface area (Å²) in [6.07, 6.45) is 2.06. The van der Waals surface area contributed by atoms with Crippen molar-refractivity contribution >= 4 is 23.3 Å². The highest BCUT2D eigenvalue weighted by Crippen LogP contribution is 2.40. The molecule has 2 atom stereocenters. The molecule has 2 aliphatic rings. The first-order chi connectivity index (χ1) is 11.3. The molecule has 2 amide bonds. The van der Waals surface area contributed by atoms with Crippen molar-refractivity contribution in [2.75, 3.05) is 5.32 Å². The fourth-order valence-electron chi connectivity index (χ4n) is 3.41. The molecule has 0 saturated carbocycles. The van der Waals surface area contributed by atoms with Gasteiger partial charge in [-0.15, -0.1) is 0 Å². The van der Waals surface area contributed by atoms with E-state index in [-0.39, 0.29) is 29.2 Å². The van der Waals surface area contributed by atoms with E-state index in [1.807, 2.05) is 19.9 Å². The maximum Gasteiger partial charge on any atom is 0.229 e. The SMILES string of the molecule is CC1(C)C=C2NC(=O)C[C@@H](C(=O)Nc3ccccc3F)[C@@H]2C(=O)C1. The Bertz CT molecular complexity index is 754. The Labute approximate surface area is 139 Å². The van der Waals surface area contributed by atoms with E-state index in [1.54, 1.807) is 6.07 Å². The second-order valence-corrected chi connectivity index (χ2v) is 7.04. The van der Waals surface area contributed by atoms with Gasteiger partial charge in [0.15, 0.2) is 0 Å². The maximum absolute atomic E-state index is 13.7. The van der Waals surface area contributed by atoms with E-state index in [4.69, 9.17) is 0 Å². The number of benzene rings is 1. The van der Waals surface area contributed by atoms with Gasteiger partial charge in [-0.2, -0.15) is 0 Å². The van der Waals surface area contributed by atoms with Crippen molar-refractivity contribution in [2.24, 2.45) is 17.3 Å². The number of Topliss-reactive ketones (excluding diaryl/α,β-unsaturated/α-hetero) is 1. The molecule has 0 spiro atoms. The number of hydrogen-bond acceptors (Lipinski definition) is 3. The van der Waals surface area contributed by atoms with Crippen molar-refractivity contribution in [1.29, 1.82) is 0 Å². The van der Waals surface area contributed by atoms with Crippen molar-refractivity contribution in [3.63, 3.8) is 0 Å². The number of ketones is 1. The summed E-state index contributed by atoms with van der Waals surface area (Å²) < 4.78 is 13.7. The van der Waals surface area contributed by atoms with Gasteiger partial charge in [0.05, 0.1) is 17.5 Å². The summed E-state index contributed by atoms with van der Waals surface area (Å²) in [7, 11) is 0. The van der Waals surface area contributed by atoms with Gasteiger partial charge < -0.3 is 10.6 Å². The molecule has 3 rings (SSSR count). The summed E-state index contributed by atoms with van der Waals surface area (Å²) in [6.45, 7) is 3.81. The summed E-state index contributed by atoms with van der Waals surface area (Å²) in [6, 6.07) is 5.81. The summed E-state index contributed by atoms with van der Waals surface area (Å²) >= 11 is 0. The molecule has 1 aliphatic carbocycles. The highest BCUT2D eigenvalue weighted by molar-refractivity contribution is 6.02. The number of nitrogens with one attached hydrogen (secondary N) is 2. The number of anilines is 1. The lowest BCUT2D eigenvalue weighted by Gasteiger charge is -2.38. The van der Waals surface area contributed by atoms with E-state index in [0.29, 0.717) is 12.1 Å². The summed E-state index contributed by atoms with van der Waals surface area (Å²) in [5.41, 5.74) is 0.170. The minimum Gasteiger partial charge on any atom is -0.329 e. The number of carbonyl (C=O) groups is 3. The molecule has 1 aromatic carbocycles. The Kier molecular flexibility index (Phi) is 3.99. The molecule has 0 radical (unpaired) electrons. The van der Waals surface area contributed by atoms with Crippen LogP contribution < -0.4 is 10.6 Å². The quantitative estimate of drug-likeness (QED) is 0.874. The van der Waals surface area contributed by atoms with Gasteiger partial charge >= 0.3 is 0 Å². The highest BCUT2D eigenvalue weighted by Gasteiger charge is 2.46. The summed E-state index contributed by atoms with van der Waals surface area (Å²) in [4.78, 5) is 37.1. The number of piperidine rings is 1. The van der Waals surface area contributed by atoms with Crippen LogP contribution in [0.2, 0.25) is 0 Å². The minimum atomic E-state index is -0.826. The van der Waals surface area contributed by atoms with Crippen LogP contribution in [0.5, 0.6) is 0 Å². The molecule has 0 unspecified atom stereocenters. The summed E-state index contributed by atoms with van der Waals surface area (Å²) in [5, 5.41) is 5.21. The number of halogens is 1. The molecular weight excluding hydrogens is 311 g/mol. The van der Waals surface area contributed by atoms with Crippen LogP contribution in [0.4, 0.5) is 10.1 Å². The lowest BCUT2D eigenvalue weighted by atomic mass is 9.69. The van der Waals surface area contributed by atoms with E-state index < -0.39 is 23.6 Å². The summed E-state index contributed by atoms with van der Waals surface area (Å²) in [5.74, 6) is -2.96. The number of rotatable bonds is 2. The normalized spacial score (nSPS) is 25.4. The third-order valence-electron chi connectivity index (χ3n) is 4.42. The van der Waals surface area contributed by atoms with Gasteiger partial charge in [-0.05, 0) is 17.5 Å². The maximum atomic E-state index is 13.7. The van der Waals surface area contributed by atoms with Gasteiger partial charge in [0.25, 0.3) is 0 Å². The zero-order chi connectivity index (χ0) is 17.5. The number of hydrogen-bond donors (Lipinski definition) is 2. The highest BCUT2D eigenvalue weighted by atomic mass is 19.1. The first-order valence-electron chi connectivity index (χ1n) is 7.87. The topological polar surface area (TPSA) is 75.3 Å². The number of fused-ring (bicyclic) bond motifs is 1. The van der Waals surface area contributed by atoms with Gasteiger partial charge in [-0.25, -0.2) is 4.39 Å². The van der Waals surface area contributed by atoms with Crippen LogP contribution in [0, 0.1) is 23.1 Å². The fraction of sp³-hybridized carbons (Fsp3) is 0.389. The lowest BCUT2D eigenvalue weighted by molar-refractivity contribution is -0.136. The Morgan fingerprint density at radius 1 is 1.29 bits per heavy atom. The predicted molar refractivity (Wildman–Crippen MR) is 86.3 cm³/mol. The van der Waals surface area contributed by atoms with E-state index in [1.165, 1.54) is 18.2 Å². The van der Waals surface area contributed by atoms with Gasteiger partial charge in [-0.3, -0.25) is 14.4 Å². The molecule has 1 aromatic rings. The average molecular weight is 330 g/mol. The largest absolute Gasteiger partial charge is 0.329 e. The molecule has 1 heterocycles. The lowest BCUT2D eigenvalue weighted by Crippen LogP contribution is -2.49. The number of allylic oxidation sites excluding steroid dienone is 2. The average Bonchev–Trinajstić information content (AvgIpc) is 2.46. The Morgan fingerprint density at radius 3 is 2.71 bits per heavy atom. The van der Waals surface area contributed by atoms with Crippen LogP contribution in [-0.4, -0.2) is 17.6 Å². The van der Waals surface area contributed by atoms with Gasteiger partial charge in [0, 0.05) is 18.5 Å². The molecule has 2 N–H and O–H groups in total. The van der Waals surface area contributed by atoms with Crippen molar-refractivity contribution in [3.05, 3.63) is 41.9 Å². The van der Waals surface area contributed by atoms with Crippen LogP contribution in [0.3, 0.4) is 0 Å². The molecule has 0 aromatic heterocycles. The van der Waals surface area contributed by atoms with Crippen LogP contribution in [0.25, 0.3) is 0 Å². The van der Waals surface area contributed by atoms with Crippen LogP contribution in [0.15, 0.2) is 36.0 Å². The molecule has 6 heteroatoms. The smallest absolute Gasteiger partial charge is 0.229 e. The molecule has 5 nitrogen and oxygen atoms in total. The predicted octanol–water partition coefficient (Wildman–Crippen LogP) is 2.40. The van der Waals surface area contributed by atoms with E-state index in [9.17, 15) is 18.8 Å². The minimum absolute atomic E-state index is 0.0441. The Hall–Kier alpha value is -2.50. The number of amides is 2. The van der Waals surface area contributed by atoms with E-state index >= 15 is 0 Å². The van der Waals surface area contributed by atoms with Crippen molar-refractivity contribution in [3.8, 4) is 0 Å². The zero-order valence-corrected chi connectivity index (χ0v) is 13.6. The third kappa shape index (κ3) is 3.09. The van der Waals surface area contributed by atoms with Crippen molar-refractivity contribution in [1.82, 2.24) is 5.32 Å². The van der Waals surface area contributed by atoms with Gasteiger partial charge in [-0.1, -0.05) is 32.1 Å². The van der Waals surface area contributed by atoms with Crippen LogP contribution >= 0.6 is 0 Å². The fourth-order valence-corrected chi connectivity index (χ4v) is 3.41. The molecule has 1 fully saturated rings. The first-order valence-corrected chi connectivity index (χ1v) is 7.87. The molecular formula is C18H19FN2O3. The number of carbonyl (C=O) groups excluding carboxylic acids is 3. The van der Waals surface area contributed by atoms with Crippen LogP contribution in [0.1, 0.15) is 26.7 Å². The first kappa shape index (κ1) is 16.4. The second-order valence-electron chi connectivity index (χ2n) is 7.04. The van der Waals surface area contributed by atoms with Gasteiger partial charge in [0.1, 0.15) is 11.6 Å². The van der Waals surface area contributed by atoms with E-state index in [2.05, 4.69) is 10.6 Å². The van der Waals surface area contributed by atoms with E-state index in [0.717, 1.165) is 0 Å². The molecule has 126 valence electrons. The monoisotopic (exact) mass is 330 g/mol.